The first kappa shape index (κ1) is 11.0. The maximum absolute atomic E-state index is 6.37. The monoisotopic (exact) mass is 221 g/mol. The number of benzene rings is 1. The van der Waals surface area contributed by atoms with Crippen molar-refractivity contribution in [3.05, 3.63) is 29.8 Å². The van der Waals surface area contributed by atoms with Gasteiger partial charge in [0.1, 0.15) is 0 Å². The molecule has 1 aliphatic rings. The number of hydrogen-bond donors (Lipinski definition) is 1. The van der Waals surface area contributed by atoms with E-state index in [-0.39, 0.29) is 11.0 Å². The standard InChI is InChI=1S/C13H19NS/c1-12(2,13(14)8-9-13)10-6-4-5-7-11(10)15-3/h4-7H,8-9,14H2,1-3H3. The third kappa shape index (κ3) is 1.70. The van der Waals surface area contributed by atoms with E-state index in [0.29, 0.717) is 0 Å². The van der Waals surface area contributed by atoms with Crippen LogP contribution in [0.15, 0.2) is 29.2 Å². The molecule has 0 atom stereocenters. The molecule has 0 aromatic heterocycles. The zero-order valence-corrected chi connectivity index (χ0v) is 10.5. The van der Waals surface area contributed by atoms with E-state index in [2.05, 4.69) is 44.4 Å². The Hall–Kier alpha value is -0.470. The molecule has 2 rings (SSSR count). The number of nitrogens with two attached hydrogens (primary N) is 1. The Labute approximate surface area is 96.4 Å². The van der Waals surface area contributed by atoms with Crippen LogP contribution in [0, 0.1) is 0 Å². The molecule has 2 N–H and O–H groups in total. The maximum atomic E-state index is 6.37. The van der Waals surface area contributed by atoms with Gasteiger partial charge in [-0.3, -0.25) is 0 Å². The first-order chi connectivity index (χ1) is 7.01. The lowest BCUT2D eigenvalue weighted by atomic mass is 9.76. The zero-order valence-electron chi connectivity index (χ0n) is 9.71. The molecule has 1 saturated carbocycles. The lowest BCUT2D eigenvalue weighted by Gasteiger charge is -2.34. The van der Waals surface area contributed by atoms with Crippen molar-refractivity contribution in [1.82, 2.24) is 0 Å². The summed E-state index contributed by atoms with van der Waals surface area (Å²) in [5, 5.41) is 0. The molecule has 82 valence electrons. The van der Waals surface area contributed by atoms with Crippen molar-refractivity contribution in [2.45, 2.75) is 42.5 Å². The molecule has 1 aromatic rings. The molecule has 0 amide bonds. The molecular formula is C13H19NS. The summed E-state index contributed by atoms with van der Waals surface area (Å²) < 4.78 is 0. The van der Waals surface area contributed by atoms with Crippen LogP contribution in [0.4, 0.5) is 0 Å². The largest absolute Gasteiger partial charge is 0.324 e. The highest BCUT2D eigenvalue weighted by Crippen LogP contribution is 2.50. The molecule has 0 bridgehead atoms. The van der Waals surface area contributed by atoms with E-state index in [0.717, 1.165) is 12.8 Å². The second-order valence-corrected chi connectivity index (χ2v) is 5.83. The first-order valence-electron chi connectivity index (χ1n) is 5.44. The predicted molar refractivity (Wildman–Crippen MR) is 67.4 cm³/mol. The van der Waals surface area contributed by atoms with Crippen LogP contribution in [0.3, 0.4) is 0 Å². The van der Waals surface area contributed by atoms with Crippen molar-refractivity contribution < 1.29 is 0 Å². The Morgan fingerprint density at radius 3 is 2.40 bits per heavy atom. The molecule has 1 nitrogen and oxygen atoms in total. The highest BCUT2D eigenvalue weighted by atomic mass is 32.2. The van der Waals surface area contributed by atoms with Crippen molar-refractivity contribution in [3.63, 3.8) is 0 Å². The molecule has 0 radical (unpaired) electrons. The lowest BCUT2D eigenvalue weighted by molar-refractivity contribution is 0.385. The maximum Gasteiger partial charge on any atom is 0.0248 e. The van der Waals surface area contributed by atoms with E-state index >= 15 is 0 Å². The summed E-state index contributed by atoms with van der Waals surface area (Å²) in [6.45, 7) is 4.55. The molecule has 1 aromatic carbocycles. The van der Waals surface area contributed by atoms with Gasteiger partial charge in [-0.1, -0.05) is 32.0 Å². The lowest BCUT2D eigenvalue weighted by Crippen LogP contribution is -2.43. The summed E-state index contributed by atoms with van der Waals surface area (Å²) in [6.07, 6.45) is 4.44. The normalized spacial score (nSPS) is 18.9. The molecule has 0 aliphatic heterocycles. The Morgan fingerprint density at radius 2 is 1.87 bits per heavy atom. The third-order valence-electron chi connectivity index (χ3n) is 3.81. The van der Waals surface area contributed by atoms with Crippen LogP contribution in [0.25, 0.3) is 0 Å². The van der Waals surface area contributed by atoms with Crippen LogP contribution in [0.5, 0.6) is 0 Å². The fraction of sp³-hybridized carbons (Fsp3) is 0.538. The fourth-order valence-corrected chi connectivity index (χ4v) is 2.95. The third-order valence-corrected chi connectivity index (χ3v) is 4.61. The Bertz CT molecular complexity index is 367. The first-order valence-corrected chi connectivity index (χ1v) is 6.66. The highest BCUT2D eigenvalue weighted by Gasteiger charge is 2.52. The van der Waals surface area contributed by atoms with Gasteiger partial charge in [-0.05, 0) is 30.7 Å². The van der Waals surface area contributed by atoms with E-state index in [1.54, 1.807) is 0 Å². The van der Waals surface area contributed by atoms with Gasteiger partial charge in [0.15, 0.2) is 0 Å². The molecule has 2 heteroatoms. The van der Waals surface area contributed by atoms with Crippen LogP contribution in [0.1, 0.15) is 32.3 Å². The van der Waals surface area contributed by atoms with Gasteiger partial charge in [-0.15, -0.1) is 11.8 Å². The molecule has 0 heterocycles. The van der Waals surface area contributed by atoms with Crippen LogP contribution in [0.2, 0.25) is 0 Å². The van der Waals surface area contributed by atoms with Crippen molar-refractivity contribution in [2.24, 2.45) is 5.73 Å². The molecule has 1 aliphatic carbocycles. The molecule has 0 unspecified atom stereocenters. The zero-order chi connectivity index (χ0) is 11.1. The molecule has 0 saturated heterocycles. The summed E-state index contributed by atoms with van der Waals surface area (Å²) in [7, 11) is 0. The van der Waals surface area contributed by atoms with Gasteiger partial charge in [-0.25, -0.2) is 0 Å². The predicted octanol–water partition coefficient (Wildman–Crippen LogP) is 3.18. The van der Waals surface area contributed by atoms with Gasteiger partial charge in [0.25, 0.3) is 0 Å². The van der Waals surface area contributed by atoms with Crippen LogP contribution in [-0.4, -0.2) is 11.8 Å². The SMILES string of the molecule is CSc1ccccc1C(C)(C)C1(N)CC1. The minimum Gasteiger partial charge on any atom is -0.324 e. The van der Waals surface area contributed by atoms with Crippen LogP contribution >= 0.6 is 11.8 Å². The summed E-state index contributed by atoms with van der Waals surface area (Å²) >= 11 is 1.81. The van der Waals surface area contributed by atoms with Gasteiger partial charge in [0.05, 0.1) is 0 Å². The Kier molecular flexibility index (Phi) is 2.60. The summed E-state index contributed by atoms with van der Waals surface area (Å²) in [5.74, 6) is 0. The van der Waals surface area contributed by atoms with Crippen molar-refractivity contribution in [2.75, 3.05) is 6.26 Å². The molecule has 1 fully saturated rings. The highest BCUT2D eigenvalue weighted by molar-refractivity contribution is 7.98. The fourth-order valence-electron chi connectivity index (χ4n) is 2.19. The number of hydrogen-bond acceptors (Lipinski definition) is 2. The summed E-state index contributed by atoms with van der Waals surface area (Å²) in [4.78, 5) is 1.36. The van der Waals surface area contributed by atoms with Gasteiger partial charge in [0.2, 0.25) is 0 Å². The van der Waals surface area contributed by atoms with Crippen molar-refractivity contribution >= 4 is 11.8 Å². The van der Waals surface area contributed by atoms with Crippen LogP contribution < -0.4 is 5.73 Å². The quantitative estimate of drug-likeness (QED) is 0.793. The van der Waals surface area contributed by atoms with Crippen LogP contribution in [-0.2, 0) is 5.41 Å². The smallest absolute Gasteiger partial charge is 0.0248 e. The van der Waals surface area contributed by atoms with E-state index in [1.165, 1.54) is 10.5 Å². The molecular weight excluding hydrogens is 202 g/mol. The van der Waals surface area contributed by atoms with E-state index in [1.807, 2.05) is 11.8 Å². The second-order valence-electron chi connectivity index (χ2n) is 4.98. The minimum absolute atomic E-state index is 0.0266. The molecule has 0 spiro atoms. The van der Waals surface area contributed by atoms with E-state index in [9.17, 15) is 0 Å². The average Bonchev–Trinajstić information content (AvgIpc) is 2.98. The van der Waals surface area contributed by atoms with Gasteiger partial charge in [0, 0.05) is 15.8 Å². The minimum atomic E-state index is 0.0266. The van der Waals surface area contributed by atoms with Gasteiger partial charge in [-0.2, -0.15) is 0 Å². The second kappa shape index (κ2) is 3.53. The topological polar surface area (TPSA) is 26.0 Å². The van der Waals surface area contributed by atoms with Gasteiger partial charge >= 0.3 is 0 Å². The number of thioether (sulfide) groups is 1. The van der Waals surface area contributed by atoms with Crippen molar-refractivity contribution in [3.8, 4) is 0 Å². The van der Waals surface area contributed by atoms with E-state index in [4.69, 9.17) is 5.73 Å². The summed E-state index contributed by atoms with van der Waals surface area (Å²) in [5.41, 5.74) is 7.89. The Morgan fingerprint density at radius 1 is 1.27 bits per heavy atom. The van der Waals surface area contributed by atoms with Crippen molar-refractivity contribution in [1.29, 1.82) is 0 Å². The average molecular weight is 221 g/mol. The van der Waals surface area contributed by atoms with Gasteiger partial charge < -0.3 is 5.73 Å². The molecule has 15 heavy (non-hydrogen) atoms. The van der Waals surface area contributed by atoms with E-state index < -0.39 is 0 Å². The number of rotatable bonds is 3. The Balaban J connectivity index is 2.44. The summed E-state index contributed by atoms with van der Waals surface area (Å²) in [6, 6.07) is 8.62.